The first-order valence-electron chi connectivity index (χ1n) is 12.1. The van der Waals surface area contributed by atoms with Gasteiger partial charge in [0.25, 0.3) is 0 Å². The number of hydrogen-bond acceptors (Lipinski definition) is 5. The van der Waals surface area contributed by atoms with Crippen molar-refractivity contribution < 1.29 is 23.9 Å². The lowest BCUT2D eigenvalue weighted by Gasteiger charge is -2.19. The smallest absolute Gasteiger partial charge is 0.316 e. The fraction of sp³-hybridized carbons (Fsp3) is 0.357. The van der Waals surface area contributed by atoms with Crippen LogP contribution in [-0.4, -0.2) is 30.2 Å². The lowest BCUT2D eigenvalue weighted by atomic mass is 9.85. The monoisotopic (exact) mass is 470 g/mol. The van der Waals surface area contributed by atoms with E-state index in [0.29, 0.717) is 5.69 Å². The third-order valence-electron chi connectivity index (χ3n) is 7.74. The van der Waals surface area contributed by atoms with Gasteiger partial charge in [-0.05, 0) is 67.5 Å². The van der Waals surface area contributed by atoms with E-state index in [-0.39, 0.29) is 60.1 Å². The molecule has 2 aromatic rings. The van der Waals surface area contributed by atoms with Crippen molar-refractivity contribution >= 4 is 35.1 Å². The molecular weight excluding hydrogens is 444 g/mol. The quantitative estimate of drug-likeness (QED) is 0.295. The van der Waals surface area contributed by atoms with Crippen LogP contribution in [0.25, 0.3) is 0 Å². The number of hydrogen-bond donors (Lipinski definition) is 0. The largest absolute Gasteiger partial charge is 0.426 e. The topological polar surface area (TPSA) is 84.0 Å². The lowest BCUT2D eigenvalue weighted by molar-refractivity contribution is -0.139. The summed E-state index contributed by atoms with van der Waals surface area (Å²) in [6, 6.07) is 12.4. The lowest BCUT2D eigenvalue weighted by Crippen LogP contribution is -2.32. The standard InChI is InChI=1S/C28H26N2O5/c1-15-8-16(2)10-21(9-15)29-14-19(12-23(29)31)28(34)35-22-5-3-4-20(13-22)30-26(32)24-17-6-7-18(11-17)25(24)27(30)33/h3-10,13,17-19,24-25H,11-12,14H2,1-2H3/t17-,18-,19+,24+,25+/m0/s1. The number of nitrogens with zero attached hydrogens (tertiary/aromatic N) is 2. The molecule has 0 N–H and O–H groups in total. The molecule has 0 aromatic heterocycles. The van der Waals surface area contributed by atoms with Crippen molar-refractivity contribution in [3.05, 3.63) is 65.7 Å². The molecule has 7 heteroatoms. The number of fused-ring (bicyclic) bond motifs is 5. The molecular formula is C28H26N2O5. The van der Waals surface area contributed by atoms with Crippen LogP contribution in [0.1, 0.15) is 24.0 Å². The molecule has 1 saturated carbocycles. The zero-order valence-electron chi connectivity index (χ0n) is 19.6. The predicted octanol–water partition coefficient (Wildman–Crippen LogP) is 3.57. The average Bonchev–Trinajstić information content (AvgIpc) is 3.57. The number of allylic oxidation sites excluding steroid dienone is 2. The molecule has 4 aliphatic rings. The van der Waals surface area contributed by atoms with Gasteiger partial charge in [0.2, 0.25) is 17.7 Å². The highest BCUT2D eigenvalue weighted by molar-refractivity contribution is 6.22. The summed E-state index contributed by atoms with van der Waals surface area (Å²) in [7, 11) is 0. The number of benzene rings is 2. The first-order valence-corrected chi connectivity index (χ1v) is 12.1. The normalized spacial score (nSPS) is 28.9. The van der Waals surface area contributed by atoms with Gasteiger partial charge < -0.3 is 9.64 Å². The maximum Gasteiger partial charge on any atom is 0.316 e. The zero-order valence-corrected chi connectivity index (χ0v) is 19.6. The molecule has 5 atom stereocenters. The van der Waals surface area contributed by atoms with Gasteiger partial charge in [-0.1, -0.05) is 24.3 Å². The Morgan fingerprint density at radius 2 is 1.54 bits per heavy atom. The molecule has 0 spiro atoms. The van der Waals surface area contributed by atoms with Gasteiger partial charge in [0.15, 0.2) is 0 Å². The van der Waals surface area contributed by atoms with Crippen molar-refractivity contribution in [3.63, 3.8) is 0 Å². The first kappa shape index (κ1) is 21.8. The highest BCUT2D eigenvalue weighted by Gasteiger charge is 2.59. The number of anilines is 2. The number of ether oxygens (including phenoxy) is 1. The minimum absolute atomic E-state index is 0.0771. The summed E-state index contributed by atoms with van der Waals surface area (Å²) in [5.41, 5.74) is 3.30. The van der Waals surface area contributed by atoms with E-state index in [0.717, 1.165) is 23.2 Å². The molecule has 0 radical (unpaired) electrons. The molecule has 2 aliphatic heterocycles. The second kappa shape index (κ2) is 7.90. The van der Waals surface area contributed by atoms with Crippen molar-refractivity contribution in [1.82, 2.24) is 0 Å². The van der Waals surface area contributed by atoms with Gasteiger partial charge in [0, 0.05) is 24.7 Å². The SMILES string of the molecule is Cc1cc(C)cc(N2C[C@H](C(=O)Oc3cccc(N4C(=O)[C@H]5[C@H](C4=O)[C@H]4C=C[C@H]5C4)c3)CC2=O)c1. The average molecular weight is 471 g/mol. The summed E-state index contributed by atoms with van der Waals surface area (Å²) in [4.78, 5) is 54.7. The number of carbonyl (C=O) groups is 4. The summed E-state index contributed by atoms with van der Waals surface area (Å²) in [6.45, 7) is 4.20. The number of imide groups is 1. The molecule has 2 aliphatic carbocycles. The summed E-state index contributed by atoms with van der Waals surface area (Å²) < 4.78 is 5.62. The zero-order chi connectivity index (χ0) is 24.4. The van der Waals surface area contributed by atoms with E-state index in [1.165, 1.54) is 4.90 Å². The Morgan fingerprint density at radius 1 is 0.886 bits per heavy atom. The maximum atomic E-state index is 13.1. The van der Waals surface area contributed by atoms with Gasteiger partial charge in [-0.15, -0.1) is 0 Å². The molecule has 6 rings (SSSR count). The number of esters is 1. The van der Waals surface area contributed by atoms with E-state index in [9.17, 15) is 19.2 Å². The minimum atomic E-state index is -0.594. The molecule has 35 heavy (non-hydrogen) atoms. The van der Waals surface area contributed by atoms with Gasteiger partial charge in [0.05, 0.1) is 23.4 Å². The molecule has 2 aromatic carbocycles. The molecule has 3 amide bonds. The number of rotatable bonds is 4. The fourth-order valence-electron chi connectivity index (χ4n) is 6.26. The summed E-state index contributed by atoms with van der Waals surface area (Å²) in [5, 5.41) is 0. The second-order valence-electron chi connectivity index (χ2n) is 10.2. The van der Waals surface area contributed by atoms with Crippen molar-refractivity contribution in [2.75, 3.05) is 16.3 Å². The molecule has 2 bridgehead atoms. The molecule has 178 valence electrons. The Bertz CT molecular complexity index is 1260. The van der Waals surface area contributed by atoms with Crippen LogP contribution in [0, 0.1) is 43.4 Å². The van der Waals surface area contributed by atoms with E-state index >= 15 is 0 Å². The third-order valence-corrected chi connectivity index (χ3v) is 7.74. The van der Waals surface area contributed by atoms with E-state index in [1.54, 1.807) is 29.2 Å². The Hall–Kier alpha value is -3.74. The Labute approximate surface area is 203 Å². The van der Waals surface area contributed by atoms with E-state index < -0.39 is 11.9 Å². The van der Waals surface area contributed by atoms with Gasteiger partial charge in [0.1, 0.15) is 5.75 Å². The van der Waals surface area contributed by atoms with E-state index in [2.05, 4.69) is 12.2 Å². The van der Waals surface area contributed by atoms with Crippen LogP contribution in [0.2, 0.25) is 0 Å². The minimum Gasteiger partial charge on any atom is -0.426 e. The van der Waals surface area contributed by atoms with Crippen LogP contribution < -0.4 is 14.5 Å². The Balaban J connectivity index is 1.17. The Morgan fingerprint density at radius 3 is 2.20 bits per heavy atom. The van der Waals surface area contributed by atoms with Crippen molar-refractivity contribution in [1.29, 1.82) is 0 Å². The van der Waals surface area contributed by atoms with Gasteiger partial charge >= 0.3 is 5.97 Å². The second-order valence-corrected chi connectivity index (χ2v) is 10.2. The predicted molar refractivity (Wildman–Crippen MR) is 129 cm³/mol. The molecule has 0 unspecified atom stereocenters. The van der Waals surface area contributed by atoms with Crippen LogP contribution in [0.3, 0.4) is 0 Å². The van der Waals surface area contributed by atoms with Crippen molar-refractivity contribution in [2.24, 2.45) is 29.6 Å². The molecule has 7 nitrogen and oxygen atoms in total. The van der Waals surface area contributed by atoms with E-state index in [4.69, 9.17) is 4.74 Å². The summed E-state index contributed by atoms with van der Waals surface area (Å²) in [6.07, 6.45) is 5.07. The molecule has 2 heterocycles. The molecule has 3 fully saturated rings. The highest BCUT2D eigenvalue weighted by Crippen LogP contribution is 2.53. The summed E-state index contributed by atoms with van der Waals surface area (Å²) >= 11 is 0. The first-order chi connectivity index (χ1) is 16.8. The van der Waals surface area contributed by atoms with E-state index in [1.807, 2.05) is 32.0 Å². The number of amides is 3. The molecule has 2 saturated heterocycles. The van der Waals surface area contributed by atoms with Gasteiger partial charge in [-0.3, -0.25) is 19.2 Å². The maximum absolute atomic E-state index is 13.1. The van der Waals surface area contributed by atoms with Crippen molar-refractivity contribution in [3.8, 4) is 5.75 Å². The third kappa shape index (κ3) is 3.49. The number of carbonyl (C=O) groups excluding carboxylic acids is 4. The fourth-order valence-corrected chi connectivity index (χ4v) is 6.26. The van der Waals surface area contributed by atoms with Crippen molar-refractivity contribution in [2.45, 2.75) is 26.7 Å². The van der Waals surface area contributed by atoms with Gasteiger partial charge in [-0.25, -0.2) is 4.90 Å². The van der Waals surface area contributed by atoms with Crippen LogP contribution in [0.4, 0.5) is 11.4 Å². The van der Waals surface area contributed by atoms with Crippen LogP contribution in [0.15, 0.2) is 54.6 Å². The van der Waals surface area contributed by atoms with Gasteiger partial charge in [-0.2, -0.15) is 0 Å². The number of aryl methyl sites for hydroxylation is 2. The summed E-state index contributed by atoms with van der Waals surface area (Å²) in [5.74, 6) is -1.62. The van der Waals surface area contributed by atoms with Crippen LogP contribution >= 0.6 is 0 Å². The Kier molecular flexibility index (Phi) is 4.91. The van der Waals surface area contributed by atoms with Crippen LogP contribution in [0.5, 0.6) is 5.75 Å². The highest BCUT2D eigenvalue weighted by atomic mass is 16.5. The van der Waals surface area contributed by atoms with Crippen LogP contribution in [-0.2, 0) is 19.2 Å².